The van der Waals surface area contributed by atoms with Crippen molar-refractivity contribution < 1.29 is 13.9 Å². The Kier molecular flexibility index (Phi) is 5.67. The normalized spacial score (nSPS) is 12.2. The summed E-state index contributed by atoms with van der Waals surface area (Å²) >= 11 is 3.29. The minimum atomic E-state index is -0.258. The van der Waals surface area contributed by atoms with E-state index in [1.165, 1.54) is 0 Å². The highest BCUT2D eigenvalue weighted by molar-refractivity contribution is 9.10. The highest BCUT2D eigenvalue weighted by atomic mass is 79.9. The summed E-state index contributed by atoms with van der Waals surface area (Å²) < 4.78 is 17.4. The van der Waals surface area contributed by atoms with Crippen molar-refractivity contribution in [1.82, 2.24) is 5.43 Å². The second-order valence-corrected chi connectivity index (χ2v) is 5.10. The van der Waals surface area contributed by atoms with Gasteiger partial charge in [-0.15, -0.1) is 0 Å². The van der Waals surface area contributed by atoms with Gasteiger partial charge in [-0.25, -0.2) is 5.43 Å². The molecule has 2 aromatic rings. The summed E-state index contributed by atoms with van der Waals surface area (Å²) in [6.07, 6.45) is 0. The average molecular weight is 355 g/mol. The van der Waals surface area contributed by atoms with Crippen LogP contribution in [0, 0.1) is 0 Å². The van der Waals surface area contributed by atoms with Crippen molar-refractivity contribution in [3.63, 3.8) is 0 Å². The van der Waals surface area contributed by atoms with Crippen LogP contribution in [0.4, 0.5) is 0 Å². The number of halogens is 1. The van der Waals surface area contributed by atoms with E-state index in [0.717, 1.165) is 17.1 Å². The maximum Gasteiger partial charge on any atom is 0.169 e. The Labute approximate surface area is 132 Å². The van der Waals surface area contributed by atoms with Gasteiger partial charge in [0.1, 0.15) is 11.8 Å². The van der Waals surface area contributed by atoms with Crippen molar-refractivity contribution in [2.24, 2.45) is 5.84 Å². The van der Waals surface area contributed by atoms with Gasteiger partial charge in [0.15, 0.2) is 16.2 Å². The van der Waals surface area contributed by atoms with Crippen LogP contribution >= 0.6 is 15.9 Å². The molecule has 2 rings (SSSR count). The number of furan rings is 1. The first-order valence-electron chi connectivity index (χ1n) is 6.80. The van der Waals surface area contributed by atoms with Gasteiger partial charge < -0.3 is 13.9 Å². The molecular weight excluding hydrogens is 336 g/mol. The third kappa shape index (κ3) is 3.78. The molecular formula is C15H19BrN2O3. The predicted octanol–water partition coefficient (Wildman–Crippen LogP) is 3.39. The number of ether oxygens (including phenoxy) is 2. The third-order valence-corrected chi connectivity index (χ3v) is 3.37. The Balaban J connectivity index is 2.35. The highest BCUT2D eigenvalue weighted by Gasteiger charge is 2.18. The van der Waals surface area contributed by atoms with Crippen molar-refractivity contribution in [2.75, 3.05) is 13.2 Å². The van der Waals surface area contributed by atoms with E-state index in [1.807, 2.05) is 44.2 Å². The molecule has 21 heavy (non-hydrogen) atoms. The van der Waals surface area contributed by atoms with Crippen molar-refractivity contribution in [3.8, 4) is 11.5 Å². The SMILES string of the molecule is CCOc1ccc(C(NN)c2ccc(Br)o2)cc1OCC. The molecule has 0 saturated heterocycles. The lowest BCUT2D eigenvalue weighted by molar-refractivity contribution is 0.287. The quantitative estimate of drug-likeness (QED) is 0.589. The Morgan fingerprint density at radius 1 is 1.14 bits per heavy atom. The Hall–Kier alpha value is -1.50. The van der Waals surface area contributed by atoms with Crippen LogP contribution in [0.5, 0.6) is 11.5 Å². The Morgan fingerprint density at radius 3 is 2.43 bits per heavy atom. The standard InChI is InChI=1S/C15H19BrN2O3/c1-3-19-11-6-5-10(9-13(11)20-4-2)15(18-17)12-7-8-14(16)21-12/h5-9,15,18H,3-4,17H2,1-2H3. The van der Waals surface area contributed by atoms with Gasteiger partial charge in [-0.2, -0.15) is 0 Å². The van der Waals surface area contributed by atoms with Crippen molar-refractivity contribution >= 4 is 15.9 Å². The molecule has 1 aromatic heterocycles. The summed E-state index contributed by atoms with van der Waals surface area (Å²) in [5.41, 5.74) is 3.69. The molecule has 1 atom stereocenters. The van der Waals surface area contributed by atoms with E-state index < -0.39 is 0 Å². The van der Waals surface area contributed by atoms with E-state index in [9.17, 15) is 0 Å². The zero-order valence-corrected chi connectivity index (χ0v) is 13.6. The first-order valence-corrected chi connectivity index (χ1v) is 7.59. The van der Waals surface area contributed by atoms with Gasteiger partial charge in [-0.3, -0.25) is 5.84 Å². The fourth-order valence-corrected chi connectivity index (χ4v) is 2.39. The van der Waals surface area contributed by atoms with E-state index >= 15 is 0 Å². The lowest BCUT2D eigenvalue weighted by Gasteiger charge is -2.17. The second-order valence-electron chi connectivity index (χ2n) is 4.31. The maximum atomic E-state index is 5.67. The number of hydrogen-bond acceptors (Lipinski definition) is 5. The van der Waals surface area contributed by atoms with Gasteiger partial charge in [-0.1, -0.05) is 6.07 Å². The van der Waals surface area contributed by atoms with Crippen LogP contribution in [0.25, 0.3) is 0 Å². The number of nitrogens with two attached hydrogens (primary N) is 1. The van der Waals surface area contributed by atoms with Gasteiger partial charge in [0.2, 0.25) is 0 Å². The third-order valence-electron chi connectivity index (χ3n) is 2.95. The lowest BCUT2D eigenvalue weighted by Crippen LogP contribution is -2.28. The highest BCUT2D eigenvalue weighted by Crippen LogP contribution is 2.33. The molecule has 1 heterocycles. The summed E-state index contributed by atoms with van der Waals surface area (Å²) in [5.74, 6) is 7.81. The fraction of sp³-hybridized carbons (Fsp3) is 0.333. The summed E-state index contributed by atoms with van der Waals surface area (Å²) in [6.45, 7) is 5.03. The lowest BCUT2D eigenvalue weighted by atomic mass is 10.0. The molecule has 3 N–H and O–H groups in total. The molecule has 0 bridgehead atoms. The van der Waals surface area contributed by atoms with Gasteiger partial charge in [0.25, 0.3) is 0 Å². The molecule has 0 amide bonds. The molecule has 6 heteroatoms. The minimum Gasteiger partial charge on any atom is -0.490 e. The van der Waals surface area contributed by atoms with E-state index in [4.69, 9.17) is 19.7 Å². The van der Waals surface area contributed by atoms with E-state index in [1.54, 1.807) is 0 Å². The van der Waals surface area contributed by atoms with Crippen LogP contribution in [0.15, 0.2) is 39.4 Å². The number of hydrogen-bond donors (Lipinski definition) is 2. The first kappa shape index (κ1) is 15.9. The molecule has 114 valence electrons. The summed E-state index contributed by atoms with van der Waals surface area (Å²) in [4.78, 5) is 0. The number of hydrazine groups is 1. The largest absolute Gasteiger partial charge is 0.490 e. The second kappa shape index (κ2) is 7.49. The molecule has 0 aliphatic carbocycles. The molecule has 0 radical (unpaired) electrons. The molecule has 1 aromatic carbocycles. The van der Waals surface area contributed by atoms with Crippen molar-refractivity contribution in [2.45, 2.75) is 19.9 Å². The number of rotatable bonds is 7. The monoisotopic (exact) mass is 354 g/mol. The molecule has 0 saturated carbocycles. The van der Waals surface area contributed by atoms with Crippen LogP contribution in [0.3, 0.4) is 0 Å². The minimum absolute atomic E-state index is 0.258. The smallest absolute Gasteiger partial charge is 0.169 e. The van der Waals surface area contributed by atoms with Crippen LogP contribution in [0.2, 0.25) is 0 Å². The molecule has 0 aliphatic heterocycles. The van der Waals surface area contributed by atoms with E-state index in [0.29, 0.717) is 23.6 Å². The first-order chi connectivity index (χ1) is 10.2. The topological polar surface area (TPSA) is 69.7 Å². The van der Waals surface area contributed by atoms with Gasteiger partial charge in [-0.05, 0) is 59.6 Å². The average Bonchev–Trinajstić information content (AvgIpc) is 2.89. The molecule has 0 spiro atoms. The zero-order chi connectivity index (χ0) is 15.2. The number of nitrogens with one attached hydrogen (secondary N) is 1. The Bertz CT molecular complexity index is 586. The van der Waals surface area contributed by atoms with Crippen LogP contribution in [-0.2, 0) is 0 Å². The van der Waals surface area contributed by atoms with Crippen molar-refractivity contribution in [1.29, 1.82) is 0 Å². The van der Waals surface area contributed by atoms with Gasteiger partial charge >= 0.3 is 0 Å². The summed E-state index contributed by atoms with van der Waals surface area (Å²) in [5, 5.41) is 0. The van der Waals surface area contributed by atoms with Crippen LogP contribution in [-0.4, -0.2) is 13.2 Å². The van der Waals surface area contributed by atoms with Gasteiger partial charge in [0, 0.05) is 0 Å². The molecule has 0 fully saturated rings. The van der Waals surface area contributed by atoms with E-state index in [2.05, 4.69) is 21.4 Å². The summed E-state index contributed by atoms with van der Waals surface area (Å²) in [7, 11) is 0. The van der Waals surface area contributed by atoms with E-state index in [-0.39, 0.29) is 6.04 Å². The zero-order valence-electron chi connectivity index (χ0n) is 12.1. The molecule has 1 unspecified atom stereocenters. The Morgan fingerprint density at radius 2 is 1.86 bits per heavy atom. The number of benzene rings is 1. The predicted molar refractivity (Wildman–Crippen MR) is 84.4 cm³/mol. The molecule has 0 aliphatic rings. The van der Waals surface area contributed by atoms with Crippen molar-refractivity contribution in [3.05, 3.63) is 46.3 Å². The fourth-order valence-electron chi connectivity index (χ4n) is 2.07. The van der Waals surface area contributed by atoms with Crippen LogP contribution in [0.1, 0.15) is 31.2 Å². The van der Waals surface area contributed by atoms with Crippen LogP contribution < -0.4 is 20.7 Å². The molecule has 5 nitrogen and oxygen atoms in total. The summed E-state index contributed by atoms with van der Waals surface area (Å²) in [6, 6.07) is 9.17. The van der Waals surface area contributed by atoms with Gasteiger partial charge in [0.05, 0.1) is 13.2 Å². The maximum absolute atomic E-state index is 5.67.